The van der Waals surface area contributed by atoms with Crippen LogP contribution >= 0.6 is 0 Å². The van der Waals surface area contributed by atoms with Gasteiger partial charge in [0.1, 0.15) is 11.5 Å². The van der Waals surface area contributed by atoms with Crippen LogP contribution in [-0.4, -0.2) is 50.0 Å². The number of aryl methyl sites for hydroxylation is 1. The van der Waals surface area contributed by atoms with Crippen molar-refractivity contribution in [2.24, 2.45) is 0 Å². The van der Waals surface area contributed by atoms with E-state index in [-0.39, 0.29) is 24.0 Å². The number of para-hydroxylation sites is 2. The number of sulfone groups is 1. The second-order valence-electron chi connectivity index (χ2n) is 6.95. The molecular weight excluding hydrogens is 382 g/mol. The van der Waals surface area contributed by atoms with E-state index in [1.807, 2.05) is 19.1 Å². The Balaban J connectivity index is 1.80. The van der Waals surface area contributed by atoms with Crippen molar-refractivity contribution in [3.8, 4) is 11.5 Å². The van der Waals surface area contributed by atoms with Crippen LogP contribution in [0.25, 0.3) is 0 Å². The van der Waals surface area contributed by atoms with Gasteiger partial charge in [0.15, 0.2) is 27.4 Å². The summed E-state index contributed by atoms with van der Waals surface area (Å²) < 4.78 is 40.6. The second kappa shape index (κ2) is 8.26. The summed E-state index contributed by atoms with van der Waals surface area (Å²) in [5.74, 6) is 2.08. The van der Waals surface area contributed by atoms with Crippen molar-refractivity contribution in [3.05, 3.63) is 47.9 Å². The van der Waals surface area contributed by atoms with E-state index in [1.54, 1.807) is 36.1 Å². The Morgan fingerprint density at radius 2 is 1.96 bits per heavy atom. The zero-order valence-electron chi connectivity index (χ0n) is 16.3. The molecule has 0 aliphatic carbocycles. The minimum absolute atomic E-state index is 0.0419. The quantitative estimate of drug-likeness (QED) is 0.701. The van der Waals surface area contributed by atoms with Gasteiger partial charge in [-0.3, -0.25) is 4.79 Å². The molecule has 152 valence electrons. The van der Waals surface area contributed by atoms with Gasteiger partial charge in [-0.25, -0.2) is 8.42 Å². The third-order valence-electron chi connectivity index (χ3n) is 4.78. The Kier molecular flexibility index (Phi) is 5.98. The number of hydrogen-bond donors (Lipinski definition) is 0. The lowest BCUT2D eigenvalue weighted by Gasteiger charge is -2.30. The molecule has 7 nitrogen and oxygen atoms in total. The molecule has 1 saturated heterocycles. The van der Waals surface area contributed by atoms with Crippen LogP contribution in [0.4, 0.5) is 0 Å². The molecule has 28 heavy (non-hydrogen) atoms. The van der Waals surface area contributed by atoms with Crippen LogP contribution in [-0.2, 0) is 21.2 Å². The van der Waals surface area contributed by atoms with Gasteiger partial charge in [0.2, 0.25) is 0 Å². The molecule has 2 heterocycles. The fourth-order valence-electron chi connectivity index (χ4n) is 3.34. The van der Waals surface area contributed by atoms with E-state index in [9.17, 15) is 13.2 Å². The number of furan rings is 1. The van der Waals surface area contributed by atoms with Crippen LogP contribution in [0.1, 0.15) is 24.9 Å². The lowest BCUT2D eigenvalue weighted by molar-refractivity contribution is -0.141. The number of carbonyl (C=O) groups is 1. The summed E-state index contributed by atoms with van der Waals surface area (Å²) in [6.07, 6.45) is -0.398. The molecule has 1 amide bonds. The van der Waals surface area contributed by atoms with Gasteiger partial charge >= 0.3 is 0 Å². The smallest absolute Gasteiger partial charge is 0.264 e. The highest BCUT2D eigenvalue weighted by atomic mass is 32.2. The number of rotatable bonds is 7. The van der Waals surface area contributed by atoms with Gasteiger partial charge in [-0.05, 0) is 44.5 Å². The highest BCUT2D eigenvalue weighted by molar-refractivity contribution is 7.91. The van der Waals surface area contributed by atoms with Gasteiger partial charge in [-0.15, -0.1) is 0 Å². The van der Waals surface area contributed by atoms with Gasteiger partial charge < -0.3 is 18.8 Å². The monoisotopic (exact) mass is 407 g/mol. The first kappa shape index (κ1) is 20.3. The number of nitrogens with zero attached hydrogens (tertiary/aromatic N) is 1. The molecule has 1 aromatic heterocycles. The molecule has 2 atom stereocenters. The van der Waals surface area contributed by atoms with Gasteiger partial charge in [0.25, 0.3) is 5.91 Å². The molecule has 8 heteroatoms. The topological polar surface area (TPSA) is 86.1 Å². The number of carbonyl (C=O) groups excluding carboxylic acids is 1. The van der Waals surface area contributed by atoms with Crippen LogP contribution in [0, 0.1) is 6.92 Å². The minimum atomic E-state index is -3.14. The van der Waals surface area contributed by atoms with Gasteiger partial charge in [-0.2, -0.15) is 0 Å². The van der Waals surface area contributed by atoms with Crippen LogP contribution in [0.15, 0.2) is 40.8 Å². The average molecular weight is 407 g/mol. The number of hydrogen-bond acceptors (Lipinski definition) is 6. The first-order valence-electron chi connectivity index (χ1n) is 9.15. The highest BCUT2D eigenvalue weighted by Crippen LogP contribution is 2.28. The Labute approximate surface area is 165 Å². The molecule has 1 aliphatic heterocycles. The predicted molar refractivity (Wildman–Crippen MR) is 104 cm³/mol. The van der Waals surface area contributed by atoms with E-state index < -0.39 is 22.0 Å². The third-order valence-corrected chi connectivity index (χ3v) is 6.53. The number of methoxy groups -OCH3 is 1. The van der Waals surface area contributed by atoms with Gasteiger partial charge in [0, 0.05) is 6.04 Å². The molecule has 1 fully saturated rings. The highest BCUT2D eigenvalue weighted by Gasteiger charge is 2.37. The van der Waals surface area contributed by atoms with E-state index in [2.05, 4.69) is 0 Å². The summed E-state index contributed by atoms with van der Waals surface area (Å²) in [4.78, 5) is 14.7. The minimum Gasteiger partial charge on any atom is -0.493 e. The van der Waals surface area contributed by atoms with Crippen molar-refractivity contribution >= 4 is 15.7 Å². The third kappa shape index (κ3) is 4.67. The molecular formula is C20H25NO6S. The molecule has 0 radical (unpaired) electrons. The summed E-state index contributed by atoms with van der Waals surface area (Å²) in [5, 5.41) is 0. The van der Waals surface area contributed by atoms with Crippen molar-refractivity contribution in [2.45, 2.75) is 39.0 Å². The van der Waals surface area contributed by atoms with Crippen molar-refractivity contribution in [1.82, 2.24) is 4.90 Å². The molecule has 0 bridgehead atoms. The van der Waals surface area contributed by atoms with Crippen LogP contribution in [0.5, 0.6) is 11.5 Å². The van der Waals surface area contributed by atoms with E-state index in [0.29, 0.717) is 23.7 Å². The summed E-state index contributed by atoms with van der Waals surface area (Å²) in [6, 6.07) is 10.3. The van der Waals surface area contributed by atoms with Crippen LogP contribution < -0.4 is 9.47 Å². The first-order valence-corrected chi connectivity index (χ1v) is 11.0. The largest absolute Gasteiger partial charge is 0.493 e. The molecule has 1 aliphatic rings. The molecule has 2 aromatic rings. The normalized spacial score (nSPS) is 19.2. The predicted octanol–water partition coefficient (Wildman–Crippen LogP) is 2.58. The number of benzene rings is 1. The summed E-state index contributed by atoms with van der Waals surface area (Å²) in [6.45, 7) is 3.67. The molecule has 1 aromatic carbocycles. The summed E-state index contributed by atoms with van der Waals surface area (Å²) in [7, 11) is -1.61. The van der Waals surface area contributed by atoms with Crippen molar-refractivity contribution in [3.63, 3.8) is 0 Å². The molecule has 0 N–H and O–H groups in total. The summed E-state index contributed by atoms with van der Waals surface area (Å²) in [5.41, 5.74) is 0. The van der Waals surface area contributed by atoms with E-state index in [4.69, 9.17) is 13.9 Å². The Bertz CT molecular complexity index is 936. The maximum Gasteiger partial charge on any atom is 0.264 e. The van der Waals surface area contributed by atoms with Gasteiger partial charge in [0.05, 0.1) is 25.2 Å². The van der Waals surface area contributed by atoms with Gasteiger partial charge in [-0.1, -0.05) is 12.1 Å². The lowest BCUT2D eigenvalue weighted by atomic mass is 10.2. The zero-order valence-corrected chi connectivity index (χ0v) is 17.1. The fraction of sp³-hybridized carbons (Fsp3) is 0.450. The molecule has 0 saturated carbocycles. The molecule has 0 spiro atoms. The Hall–Kier alpha value is -2.48. The fourth-order valence-corrected chi connectivity index (χ4v) is 5.07. The Morgan fingerprint density at radius 3 is 2.54 bits per heavy atom. The van der Waals surface area contributed by atoms with Crippen molar-refractivity contribution in [2.75, 3.05) is 18.6 Å². The lowest BCUT2D eigenvalue weighted by Crippen LogP contribution is -2.46. The maximum atomic E-state index is 13.2. The van der Waals surface area contributed by atoms with Crippen LogP contribution in [0.3, 0.4) is 0 Å². The van der Waals surface area contributed by atoms with E-state index >= 15 is 0 Å². The van der Waals surface area contributed by atoms with E-state index in [1.165, 1.54) is 7.11 Å². The average Bonchev–Trinajstić information content (AvgIpc) is 3.24. The summed E-state index contributed by atoms with van der Waals surface area (Å²) >= 11 is 0. The number of ether oxygens (including phenoxy) is 2. The first-order chi connectivity index (χ1) is 13.3. The zero-order chi connectivity index (χ0) is 20.3. The van der Waals surface area contributed by atoms with Crippen molar-refractivity contribution in [1.29, 1.82) is 0 Å². The second-order valence-corrected chi connectivity index (χ2v) is 9.18. The number of amides is 1. The standard InChI is InChI=1S/C20H25NO6S/c1-14-8-9-17(26-14)12-21(16-10-11-28(23,24)13-16)20(22)15(2)27-19-7-5-4-6-18(19)25-3/h4-9,15-16H,10-13H2,1-3H3. The van der Waals surface area contributed by atoms with E-state index in [0.717, 1.165) is 5.76 Å². The Morgan fingerprint density at radius 1 is 1.25 bits per heavy atom. The van der Waals surface area contributed by atoms with Crippen LogP contribution in [0.2, 0.25) is 0 Å². The SMILES string of the molecule is COc1ccccc1OC(C)C(=O)N(Cc1ccc(C)o1)C1CCS(=O)(=O)C1. The van der Waals surface area contributed by atoms with Crippen molar-refractivity contribution < 1.29 is 27.1 Å². The molecule has 2 unspecified atom stereocenters. The maximum absolute atomic E-state index is 13.2. The molecule has 3 rings (SSSR count).